The standard InChI is InChI=1S/C15H17N5O/c1-3-20(4-2)13-7-5-12(6-8-13)10-18-19-15-14(9-16)17-11-21-15/h5-8,10-11,19H,3-4H2,1-2H3/b18-10-. The highest BCUT2D eigenvalue weighted by Crippen LogP contribution is 2.14. The first-order chi connectivity index (χ1) is 10.3. The van der Waals surface area contributed by atoms with Gasteiger partial charge in [0, 0.05) is 18.8 Å². The van der Waals surface area contributed by atoms with E-state index in [9.17, 15) is 0 Å². The molecular weight excluding hydrogens is 266 g/mol. The number of hydrogen-bond donors (Lipinski definition) is 1. The summed E-state index contributed by atoms with van der Waals surface area (Å²) in [5.41, 5.74) is 4.99. The molecule has 1 heterocycles. The molecule has 0 spiro atoms. The van der Waals surface area contributed by atoms with Gasteiger partial charge in [-0.1, -0.05) is 12.1 Å². The molecule has 1 aromatic heterocycles. The van der Waals surface area contributed by atoms with Crippen molar-refractivity contribution in [1.29, 1.82) is 5.26 Å². The highest BCUT2D eigenvalue weighted by atomic mass is 16.4. The average Bonchev–Trinajstić information content (AvgIpc) is 2.97. The van der Waals surface area contributed by atoms with Crippen molar-refractivity contribution in [3.8, 4) is 6.07 Å². The summed E-state index contributed by atoms with van der Waals surface area (Å²) in [5, 5.41) is 12.8. The molecule has 21 heavy (non-hydrogen) atoms. The first-order valence-electron chi connectivity index (χ1n) is 6.76. The third kappa shape index (κ3) is 3.60. The lowest BCUT2D eigenvalue weighted by Crippen LogP contribution is -2.21. The van der Waals surface area contributed by atoms with Crippen LogP contribution in [0.1, 0.15) is 25.1 Å². The monoisotopic (exact) mass is 283 g/mol. The number of nitrogens with zero attached hydrogens (tertiary/aromatic N) is 4. The van der Waals surface area contributed by atoms with Crippen molar-refractivity contribution in [2.45, 2.75) is 13.8 Å². The lowest BCUT2D eigenvalue weighted by Gasteiger charge is -2.20. The van der Waals surface area contributed by atoms with E-state index in [0.29, 0.717) is 0 Å². The van der Waals surface area contributed by atoms with Crippen molar-refractivity contribution in [1.82, 2.24) is 4.98 Å². The Labute approximate surface area is 123 Å². The summed E-state index contributed by atoms with van der Waals surface area (Å²) >= 11 is 0. The van der Waals surface area contributed by atoms with Gasteiger partial charge >= 0.3 is 0 Å². The summed E-state index contributed by atoms with van der Waals surface area (Å²) in [5.74, 6) is 0.244. The number of aromatic nitrogens is 1. The van der Waals surface area contributed by atoms with Gasteiger partial charge < -0.3 is 9.32 Å². The summed E-state index contributed by atoms with van der Waals surface area (Å²) in [7, 11) is 0. The first-order valence-corrected chi connectivity index (χ1v) is 6.76. The van der Waals surface area contributed by atoms with Gasteiger partial charge in [-0.05, 0) is 31.5 Å². The summed E-state index contributed by atoms with van der Waals surface area (Å²) in [6, 6.07) is 10.0. The largest absolute Gasteiger partial charge is 0.425 e. The SMILES string of the molecule is CCN(CC)c1ccc(/C=N\Nc2ocnc2C#N)cc1. The second-order valence-electron chi connectivity index (χ2n) is 4.28. The summed E-state index contributed by atoms with van der Waals surface area (Å²) in [6.07, 6.45) is 2.87. The Balaban J connectivity index is 2.00. The highest BCUT2D eigenvalue weighted by Gasteiger charge is 2.05. The lowest BCUT2D eigenvalue weighted by atomic mass is 10.2. The molecule has 108 valence electrons. The Kier molecular flexibility index (Phi) is 4.94. The number of oxazole rings is 1. The molecule has 0 atom stereocenters. The molecule has 0 unspecified atom stereocenters. The van der Waals surface area contributed by atoms with E-state index in [0.717, 1.165) is 18.7 Å². The van der Waals surface area contributed by atoms with E-state index in [4.69, 9.17) is 9.68 Å². The minimum absolute atomic E-state index is 0.184. The van der Waals surface area contributed by atoms with Crippen molar-refractivity contribution >= 4 is 17.8 Å². The van der Waals surface area contributed by atoms with Gasteiger partial charge in [-0.25, -0.2) is 10.4 Å². The Hall–Kier alpha value is -2.81. The molecule has 0 aliphatic carbocycles. The van der Waals surface area contributed by atoms with E-state index in [2.05, 4.69) is 46.4 Å². The molecule has 1 N–H and O–H groups in total. The molecule has 0 radical (unpaired) electrons. The number of hydrazone groups is 1. The van der Waals surface area contributed by atoms with Crippen LogP contribution in [0.5, 0.6) is 0 Å². The number of benzene rings is 1. The average molecular weight is 283 g/mol. The second-order valence-corrected chi connectivity index (χ2v) is 4.28. The maximum atomic E-state index is 8.78. The summed E-state index contributed by atoms with van der Waals surface area (Å²) in [6.45, 7) is 6.22. The van der Waals surface area contributed by atoms with Crippen LogP contribution < -0.4 is 10.3 Å². The van der Waals surface area contributed by atoms with Gasteiger partial charge in [0.15, 0.2) is 6.39 Å². The zero-order chi connectivity index (χ0) is 15.1. The molecule has 0 amide bonds. The maximum Gasteiger partial charge on any atom is 0.251 e. The van der Waals surface area contributed by atoms with Crippen LogP contribution in [-0.2, 0) is 0 Å². The van der Waals surface area contributed by atoms with Crippen LogP contribution in [0.25, 0.3) is 0 Å². The quantitative estimate of drug-likeness (QED) is 0.651. The van der Waals surface area contributed by atoms with Gasteiger partial charge in [0.1, 0.15) is 6.07 Å². The minimum Gasteiger partial charge on any atom is -0.425 e. The van der Waals surface area contributed by atoms with Gasteiger partial charge in [-0.3, -0.25) is 0 Å². The molecule has 0 fully saturated rings. The third-order valence-corrected chi connectivity index (χ3v) is 3.07. The van der Waals surface area contributed by atoms with Crippen LogP contribution in [0, 0.1) is 11.3 Å². The predicted molar refractivity (Wildman–Crippen MR) is 82.4 cm³/mol. The number of nitriles is 1. The smallest absolute Gasteiger partial charge is 0.251 e. The van der Waals surface area contributed by atoms with Gasteiger partial charge in [-0.15, -0.1) is 0 Å². The Morgan fingerprint density at radius 3 is 2.67 bits per heavy atom. The normalized spacial score (nSPS) is 10.5. The molecule has 2 rings (SSSR count). The van der Waals surface area contributed by atoms with Crippen LogP contribution in [0.15, 0.2) is 40.2 Å². The third-order valence-electron chi connectivity index (χ3n) is 3.07. The van der Waals surface area contributed by atoms with Crippen LogP contribution in [0.2, 0.25) is 0 Å². The molecule has 0 aliphatic heterocycles. The van der Waals surface area contributed by atoms with Crippen molar-refractivity contribution in [2.75, 3.05) is 23.4 Å². The lowest BCUT2D eigenvalue weighted by molar-refractivity contribution is 0.570. The van der Waals surface area contributed by atoms with Crippen LogP contribution in [0.4, 0.5) is 11.6 Å². The van der Waals surface area contributed by atoms with E-state index in [-0.39, 0.29) is 11.6 Å². The van der Waals surface area contributed by atoms with Gasteiger partial charge in [0.25, 0.3) is 5.88 Å². The Morgan fingerprint density at radius 2 is 2.05 bits per heavy atom. The van der Waals surface area contributed by atoms with E-state index < -0.39 is 0 Å². The molecule has 6 nitrogen and oxygen atoms in total. The topological polar surface area (TPSA) is 77.4 Å². The zero-order valence-corrected chi connectivity index (χ0v) is 12.1. The van der Waals surface area contributed by atoms with E-state index in [1.54, 1.807) is 6.21 Å². The molecule has 2 aromatic rings. The Bertz CT molecular complexity index is 635. The summed E-state index contributed by atoms with van der Waals surface area (Å²) in [4.78, 5) is 6.01. The van der Waals surface area contributed by atoms with E-state index >= 15 is 0 Å². The fourth-order valence-electron chi connectivity index (χ4n) is 1.93. The molecule has 0 aliphatic rings. The van der Waals surface area contributed by atoms with Gasteiger partial charge in [0.2, 0.25) is 5.69 Å². The predicted octanol–water partition coefficient (Wildman–Crippen LogP) is 2.84. The highest BCUT2D eigenvalue weighted by molar-refractivity contribution is 5.80. The van der Waals surface area contributed by atoms with Crippen LogP contribution in [-0.4, -0.2) is 24.3 Å². The molecule has 0 bridgehead atoms. The van der Waals surface area contributed by atoms with Crippen molar-refractivity contribution in [3.05, 3.63) is 41.9 Å². The Morgan fingerprint density at radius 1 is 1.33 bits per heavy atom. The molecule has 0 saturated carbocycles. The van der Waals surface area contributed by atoms with E-state index in [1.165, 1.54) is 12.1 Å². The number of nitrogens with one attached hydrogen (secondary N) is 1. The van der Waals surface area contributed by atoms with Crippen molar-refractivity contribution in [2.24, 2.45) is 5.10 Å². The molecule has 0 saturated heterocycles. The number of rotatable bonds is 6. The molecule has 6 heteroatoms. The number of hydrogen-bond acceptors (Lipinski definition) is 6. The van der Waals surface area contributed by atoms with Crippen molar-refractivity contribution < 1.29 is 4.42 Å². The van der Waals surface area contributed by atoms with Gasteiger partial charge in [0.05, 0.1) is 6.21 Å². The maximum absolute atomic E-state index is 8.78. The fourth-order valence-corrected chi connectivity index (χ4v) is 1.93. The first kappa shape index (κ1) is 14.6. The summed E-state index contributed by atoms with van der Waals surface area (Å²) < 4.78 is 5.01. The zero-order valence-electron chi connectivity index (χ0n) is 12.1. The second kappa shape index (κ2) is 7.10. The molecular formula is C15H17N5O. The van der Waals surface area contributed by atoms with E-state index in [1.807, 2.05) is 18.2 Å². The van der Waals surface area contributed by atoms with Crippen molar-refractivity contribution in [3.63, 3.8) is 0 Å². The number of anilines is 2. The molecule has 1 aromatic carbocycles. The van der Waals surface area contributed by atoms with Gasteiger partial charge in [-0.2, -0.15) is 10.4 Å². The van der Waals surface area contributed by atoms with Crippen LogP contribution in [0.3, 0.4) is 0 Å². The van der Waals surface area contributed by atoms with Crippen LogP contribution >= 0.6 is 0 Å². The minimum atomic E-state index is 0.184. The fraction of sp³-hybridized carbons (Fsp3) is 0.267.